The predicted octanol–water partition coefficient (Wildman–Crippen LogP) is 9.33. The van der Waals surface area contributed by atoms with Gasteiger partial charge in [-0.25, -0.2) is 0 Å². The lowest BCUT2D eigenvalue weighted by Crippen LogP contribution is -2.03. The highest BCUT2D eigenvalue weighted by molar-refractivity contribution is 5.98. The van der Waals surface area contributed by atoms with Crippen LogP contribution in [0.3, 0.4) is 0 Å². The van der Waals surface area contributed by atoms with Crippen LogP contribution in [0.1, 0.15) is 40.2 Å². The molecular weight excluding hydrogens is 432 g/mol. The number of rotatable bonds is 3. The molecule has 0 heterocycles. The molecule has 6 aromatic rings. The molecular formula is C36H28. The van der Waals surface area contributed by atoms with E-state index < -0.39 is 0 Å². The number of hydrogen-bond donors (Lipinski definition) is 0. The fourth-order valence-corrected chi connectivity index (χ4v) is 6.07. The molecule has 172 valence electrons. The molecule has 0 nitrogen and oxygen atoms in total. The summed E-state index contributed by atoms with van der Waals surface area (Å²) in [6, 6.07) is 47.4. The summed E-state index contributed by atoms with van der Waals surface area (Å²) in [5.41, 5.74) is 9.88. The summed E-state index contributed by atoms with van der Waals surface area (Å²) >= 11 is 0. The van der Waals surface area contributed by atoms with E-state index in [1.165, 1.54) is 60.5 Å². The molecule has 0 spiro atoms. The molecule has 0 saturated carbocycles. The van der Waals surface area contributed by atoms with Crippen LogP contribution >= 0.6 is 0 Å². The highest BCUT2D eigenvalue weighted by Crippen LogP contribution is 2.42. The van der Waals surface area contributed by atoms with Crippen molar-refractivity contribution in [2.45, 2.75) is 25.2 Å². The van der Waals surface area contributed by atoms with Crippen LogP contribution < -0.4 is 0 Å². The van der Waals surface area contributed by atoms with Crippen molar-refractivity contribution in [2.75, 3.05) is 0 Å². The van der Waals surface area contributed by atoms with E-state index in [1.807, 2.05) is 0 Å². The van der Waals surface area contributed by atoms with E-state index in [4.69, 9.17) is 0 Å². The van der Waals surface area contributed by atoms with Crippen LogP contribution in [-0.4, -0.2) is 0 Å². The SMILES string of the molecule is c1ccc(C2CCc3ccccc3-c3cc(Cc4ccc5cc6ccccc6cc5c4)ccc32)cc1. The summed E-state index contributed by atoms with van der Waals surface area (Å²) in [6.45, 7) is 0. The second-order valence-corrected chi connectivity index (χ2v) is 10.1. The zero-order chi connectivity index (χ0) is 23.9. The van der Waals surface area contributed by atoms with E-state index in [1.54, 1.807) is 0 Å². The van der Waals surface area contributed by atoms with Gasteiger partial charge in [0.05, 0.1) is 0 Å². The second-order valence-electron chi connectivity index (χ2n) is 10.1. The number of hydrogen-bond acceptors (Lipinski definition) is 0. The van der Waals surface area contributed by atoms with Gasteiger partial charge in [0.1, 0.15) is 0 Å². The van der Waals surface area contributed by atoms with Crippen molar-refractivity contribution in [3.8, 4) is 11.1 Å². The van der Waals surface area contributed by atoms with Crippen LogP contribution in [0.15, 0.2) is 127 Å². The smallest absolute Gasteiger partial charge is 0.00986 e. The molecule has 0 bridgehead atoms. The summed E-state index contributed by atoms with van der Waals surface area (Å²) in [5, 5.41) is 5.22. The zero-order valence-electron chi connectivity index (χ0n) is 20.3. The maximum Gasteiger partial charge on any atom is 0.00986 e. The van der Waals surface area contributed by atoms with Crippen molar-refractivity contribution >= 4 is 21.5 Å². The number of aryl methyl sites for hydroxylation is 1. The van der Waals surface area contributed by atoms with Gasteiger partial charge in [-0.15, -0.1) is 0 Å². The first-order valence-corrected chi connectivity index (χ1v) is 13.0. The van der Waals surface area contributed by atoms with Crippen LogP contribution in [0.2, 0.25) is 0 Å². The highest BCUT2D eigenvalue weighted by atomic mass is 14.3. The third-order valence-corrected chi connectivity index (χ3v) is 7.88. The Balaban J connectivity index is 1.30. The Morgan fingerprint density at radius 2 is 1.17 bits per heavy atom. The topological polar surface area (TPSA) is 0 Å². The van der Waals surface area contributed by atoms with E-state index in [2.05, 4.69) is 127 Å². The van der Waals surface area contributed by atoms with Crippen molar-refractivity contribution in [3.63, 3.8) is 0 Å². The summed E-state index contributed by atoms with van der Waals surface area (Å²) in [4.78, 5) is 0. The van der Waals surface area contributed by atoms with Gasteiger partial charge in [-0.3, -0.25) is 0 Å². The first-order chi connectivity index (χ1) is 17.8. The minimum Gasteiger partial charge on any atom is -0.0622 e. The van der Waals surface area contributed by atoms with Crippen LogP contribution in [0.25, 0.3) is 32.7 Å². The Morgan fingerprint density at radius 3 is 2.03 bits per heavy atom. The van der Waals surface area contributed by atoms with Gasteiger partial charge >= 0.3 is 0 Å². The molecule has 36 heavy (non-hydrogen) atoms. The molecule has 0 heteroatoms. The lowest BCUT2D eigenvalue weighted by Gasteiger charge is -2.19. The van der Waals surface area contributed by atoms with Crippen molar-refractivity contribution in [3.05, 3.63) is 155 Å². The first-order valence-electron chi connectivity index (χ1n) is 13.0. The van der Waals surface area contributed by atoms with Gasteiger partial charge in [0.15, 0.2) is 0 Å². The van der Waals surface area contributed by atoms with E-state index in [-0.39, 0.29) is 0 Å². The van der Waals surface area contributed by atoms with Crippen LogP contribution in [0, 0.1) is 0 Å². The molecule has 0 aliphatic heterocycles. The van der Waals surface area contributed by atoms with Crippen molar-refractivity contribution < 1.29 is 0 Å². The minimum absolute atomic E-state index is 0.427. The van der Waals surface area contributed by atoms with Gasteiger partial charge in [0, 0.05) is 5.92 Å². The Morgan fingerprint density at radius 1 is 0.500 bits per heavy atom. The van der Waals surface area contributed by atoms with E-state index >= 15 is 0 Å². The van der Waals surface area contributed by atoms with Gasteiger partial charge in [0.25, 0.3) is 0 Å². The summed E-state index contributed by atoms with van der Waals surface area (Å²) in [5.74, 6) is 0.427. The van der Waals surface area contributed by atoms with Crippen molar-refractivity contribution in [1.82, 2.24) is 0 Å². The lowest BCUT2D eigenvalue weighted by atomic mass is 9.84. The van der Waals surface area contributed by atoms with E-state index in [0.29, 0.717) is 5.92 Å². The highest BCUT2D eigenvalue weighted by Gasteiger charge is 2.23. The monoisotopic (exact) mass is 460 g/mol. The molecule has 0 N–H and O–H groups in total. The summed E-state index contributed by atoms with van der Waals surface area (Å²) in [6.07, 6.45) is 3.19. The average molecular weight is 461 g/mol. The molecule has 0 fully saturated rings. The number of benzene rings is 6. The third kappa shape index (κ3) is 3.80. The van der Waals surface area contributed by atoms with Crippen LogP contribution in [0.5, 0.6) is 0 Å². The van der Waals surface area contributed by atoms with Crippen LogP contribution in [0.4, 0.5) is 0 Å². The zero-order valence-corrected chi connectivity index (χ0v) is 20.3. The quantitative estimate of drug-likeness (QED) is 0.231. The first kappa shape index (κ1) is 21.1. The second kappa shape index (κ2) is 8.81. The Labute approximate surface area is 212 Å². The van der Waals surface area contributed by atoms with Crippen LogP contribution in [-0.2, 0) is 12.8 Å². The molecule has 1 atom stereocenters. The standard InChI is InChI=1S/C36H28/c1-2-8-27(9-3-1)34-19-17-28-10-6-7-13-33(28)36-22-26(15-18-35(34)36)20-25-14-16-31-23-29-11-4-5-12-30(29)24-32(31)21-25/h1-16,18,21-24,34H,17,19-20H2. The lowest BCUT2D eigenvalue weighted by molar-refractivity contribution is 0.725. The molecule has 7 rings (SSSR count). The Bertz CT molecular complexity index is 1710. The summed E-state index contributed by atoms with van der Waals surface area (Å²) < 4.78 is 0. The Kier molecular flexibility index (Phi) is 5.17. The average Bonchev–Trinajstić information content (AvgIpc) is 3.09. The van der Waals surface area contributed by atoms with Gasteiger partial charge in [0.2, 0.25) is 0 Å². The molecule has 1 aliphatic rings. The maximum atomic E-state index is 2.46. The molecule has 1 unspecified atom stereocenters. The number of fused-ring (bicyclic) bond motifs is 5. The van der Waals surface area contributed by atoms with Gasteiger partial charge in [-0.05, 0) is 91.9 Å². The largest absolute Gasteiger partial charge is 0.0622 e. The van der Waals surface area contributed by atoms with Crippen molar-refractivity contribution in [2.24, 2.45) is 0 Å². The maximum absolute atomic E-state index is 2.46. The van der Waals surface area contributed by atoms with Crippen molar-refractivity contribution in [1.29, 1.82) is 0 Å². The summed E-state index contributed by atoms with van der Waals surface area (Å²) in [7, 11) is 0. The van der Waals surface area contributed by atoms with E-state index in [9.17, 15) is 0 Å². The Hall–Kier alpha value is -4.16. The molecule has 0 aromatic heterocycles. The molecule has 0 saturated heterocycles. The fraction of sp³-hybridized carbons (Fsp3) is 0.111. The molecule has 6 aromatic carbocycles. The fourth-order valence-electron chi connectivity index (χ4n) is 6.07. The van der Waals surface area contributed by atoms with Gasteiger partial charge in [-0.2, -0.15) is 0 Å². The van der Waals surface area contributed by atoms with Gasteiger partial charge in [-0.1, -0.05) is 115 Å². The normalized spacial score (nSPS) is 14.8. The molecule has 0 radical (unpaired) electrons. The molecule has 0 amide bonds. The third-order valence-electron chi connectivity index (χ3n) is 7.88. The predicted molar refractivity (Wildman–Crippen MR) is 153 cm³/mol. The molecule has 1 aliphatic carbocycles. The van der Waals surface area contributed by atoms with E-state index in [0.717, 1.165) is 19.3 Å². The minimum atomic E-state index is 0.427. The van der Waals surface area contributed by atoms with Gasteiger partial charge < -0.3 is 0 Å².